The molecule has 0 spiro atoms. The summed E-state index contributed by atoms with van der Waals surface area (Å²) < 4.78 is 82.9. The zero-order valence-corrected chi connectivity index (χ0v) is 8.97. The molecule has 0 bridgehead atoms. The Morgan fingerprint density at radius 1 is 0.929 bits per heavy atom. The van der Waals surface area contributed by atoms with E-state index in [1.54, 1.807) is 0 Å². The van der Waals surface area contributed by atoms with Gasteiger partial charge in [-0.3, -0.25) is 0 Å². The molecule has 14 heavy (non-hydrogen) atoms. The van der Waals surface area contributed by atoms with Crippen molar-refractivity contribution in [3.63, 3.8) is 0 Å². The molecule has 0 aliphatic rings. The largest absolute Gasteiger partial charge is 0.431 e. The van der Waals surface area contributed by atoms with Gasteiger partial charge in [-0.05, 0) is 0 Å². The second-order valence-corrected chi connectivity index (χ2v) is 4.91. The standard InChI is InChI=1S/C6H6F7I/c1-3(14)2-4(7,5(8,9)10)6(11,12)13/h3H,2H2,1H3/t3-/m0/s1. The fourth-order valence-corrected chi connectivity index (χ4v) is 1.39. The maximum Gasteiger partial charge on any atom is 0.431 e. The summed E-state index contributed by atoms with van der Waals surface area (Å²) >= 11 is 1.31. The van der Waals surface area contributed by atoms with Crippen LogP contribution in [0.5, 0.6) is 0 Å². The maximum atomic E-state index is 12.8. The van der Waals surface area contributed by atoms with Crippen LogP contribution in [0.4, 0.5) is 30.7 Å². The van der Waals surface area contributed by atoms with Crippen molar-refractivity contribution in [2.75, 3.05) is 0 Å². The van der Waals surface area contributed by atoms with Crippen LogP contribution in [0.1, 0.15) is 13.3 Å². The third kappa shape index (κ3) is 2.86. The molecule has 0 saturated carbocycles. The van der Waals surface area contributed by atoms with Crippen LogP contribution in [0.15, 0.2) is 0 Å². The molecule has 0 radical (unpaired) electrons. The summed E-state index contributed by atoms with van der Waals surface area (Å²) in [5.74, 6) is 0. The van der Waals surface area contributed by atoms with Crippen molar-refractivity contribution >= 4 is 22.6 Å². The van der Waals surface area contributed by atoms with Gasteiger partial charge in [-0.1, -0.05) is 29.5 Å². The Kier molecular flexibility index (Phi) is 4.08. The van der Waals surface area contributed by atoms with Crippen LogP contribution in [0, 0.1) is 0 Å². The van der Waals surface area contributed by atoms with Crippen molar-refractivity contribution in [3.05, 3.63) is 0 Å². The highest BCUT2D eigenvalue weighted by molar-refractivity contribution is 14.1. The predicted octanol–water partition coefficient (Wildman–Crippen LogP) is 4.03. The molecule has 0 amide bonds. The average molecular weight is 338 g/mol. The summed E-state index contributed by atoms with van der Waals surface area (Å²) in [7, 11) is 0. The van der Waals surface area contributed by atoms with E-state index in [9.17, 15) is 30.7 Å². The lowest BCUT2D eigenvalue weighted by molar-refractivity contribution is -0.342. The molecule has 0 aromatic rings. The summed E-state index contributed by atoms with van der Waals surface area (Å²) in [6, 6.07) is 0. The first-order valence-corrected chi connectivity index (χ1v) is 4.63. The van der Waals surface area contributed by atoms with Gasteiger partial charge in [0.15, 0.2) is 0 Å². The molecule has 0 heterocycles. The SMILES string of the molecule is C[C@H](I)CC(F)(C(F)(F)F)C(F)(F)F. The Hall–Kier alpha value is 0.240. The molecule has 0 fully saturated rings. The quantitative estimate of drug-likeness (QED) is 0.405. The Morgan fingerprint density at radius 3 is 1.29 bits per heavy atom. The van der Waals surface area contributed by atoms with E-state index >= 15 is 0 Å². The first kappa shape index (κ1) is 14.2. The van der Waals surface area contributed by atoms with Gasteiger partial charge < -0.3 is 0 Å². The van der Waals surface area contributed by atoms with E-state index in [-0.39, 0.29) is 0 Å². The summed E-state index contributed by atoms with van der Waals surface area (Å²) in [5, 5.41) is 0. The number of hydrogen-bond donors (Lipinski definition) is 0. The Labute approximate surface area is 89.0 Å². The summed E-state index contributed by atoms with van der Waals surface area (Å²) in [4.78, 5) is 0. The van der Waals surface area contributed by atoms with Crippen LogP contribution in [0.3, 0.4) is 0 Å². The van der Waals surface area contributed by atoms with Gasteiger partial charge >= 0.3 is 12.4 Å². The Balaban J connectivity index is 5.07. The van der Waals surface area contributed by atoms with Crippen molar-refractivity contribution in [3.8, 4) is 0 Å². The van der Waals surface area contributed by atoms with Crippen molar-refractivity contribution < 1.29 is 30.7 Å². The summed E-state index contributed by atoms with van der Waals surface area (Å²) in [6.07, 6.45) is -13.5. The predicted molar refractivity (Wildman–Crippen MR) is 44.0 cm³/mol. The minimum absolute atomic E-state index is 1.07. The van der Waals surface area contributed by atoms with E-state index in [1.165, 1.54) is 22.6 Å². The van der Waals surface area contributed by atoms with Gasteiger partial charge in [0.05, 0.1) is 0 Å². The van der Waals surface area contributed by atoms with Gasteiger partial charge in [0.2, 0.25) is 0 Å². The van der Waals surface area contributed by atoms with E-state index < -0.39 is 28.4 Å². The first-order valence-electron chi connectivity index (χ1n) is 3.38. The van der Waals surface area contributed by atoms with Crippen LogP contribution in [0.2, 0.25) is 0 Å². The third-order valence-electron chi connectivity index (χ3n) is 1.46. The van der Waals surface area contributed by atoms with Gasteiger partial charge in [-0.2, -0.15) is 26.3 Å². The minimum Gasteiger partial charge on any atom is -0.224 e. The third-order valence-corrected chi connectivity index (χ3v) is 1.90. The first-order chi connectivity index (χ1) is 5.92. The molecule has 8 heteroatoms. The molecule has 0 aromatic heterocycles. The molecule has 86 valence electrons. The minimum atomic E-state index is -5.93. The highest BCUT2D eigenvalue weighted by Gasteiger charge is 2.72. The average Bonchev–Trinajstić information content (AvgIpc) is 1.79. The molecule has 0 N–H and O–H groups in total. The molecule has 0 rings (SSSR count). The van der Waals surface area contributed by atoms with E-state index in [4.69, 9.17) is 0 Å². The molecular formula is C6H6F7I. The number of hydrogen-bond acceptors (Lipinski definition) is 0. The summed E-state index contributed by atoms with van der Waals surface area (Å²) in [5.41, 5.74) is -5.11. The monoisotopic (exact) mass is 338 g/mol. The smallest absolute Gasteiger partial charge is 0.224 e. The number of rotatable bonds is 2. The zero-order chi connectivity index (χ0) is 11.8. The Morgan fingerprint density at radius 2 is 1.21 bits per heavy atom. The molecule has 0 unspecified atom stereocenters. The van der Waals surface area contributed by atoms with Crippen molar-refractivity contribution in [2.24, 2.45) is 0 Å². The zero-order valence-electron chi connectivity index (χ0n) is 6.81. The lowest BCUT2D eigenvalue weighted by Gasteiger charge is -2.30. The normalized spacial score (nSPS) is 16.9. The van der Waals surface area contributed by atoms with Gasteiger partial charge in [-0.15, -0.1) is 0 Å². The second kappa shape index (κ2) is 4.01. The maximum absolute atomic E-state index is 12.8. The second-order valence-electron chi connectivity index (χ2n) is 2.78. The van der Waals surface area contributed by atoms with E-state index in [2.05, 4.69) is 0 Å². The molecule has 0 aromatic carbocycles. The molecule has 1 atom stereocenters. The fraction of sp³-hybridized carbons (Fsp3) is 1.00. The van der Waals surface area contributed by atoms with E-state index in [1.807, 2.05) is 0 Å². The highest BCUT2D eigenvalue weighted by atomic mass is 127. The number of halogens is 8. The fourth-order valence-electron chi connectivity index (χ4n) is 0.780. The van der Waals surface area contributed by atoms with Crippen molar-refractivity contribution in [1.29, 1.82) is 0 Å². The lowest BCUT2D eigenvalue weighted by Crippen LogP contribution is -2.54. The molecule has 0 nitrogen and oxygen atoms in total. The van der Waals surface area contributed by atoms with Crippen LogP contribution in [0.25, 0.3) is 0 Å². The Bertz CT molecular complexity index is 177. The van der Waals surface area contributed by atoms with E-state index in [0.29, 0.717) is 0 Å². The summed E-state index contributed by atoms with van der Waals surface area (Å²) in [6.45, 7) is 1.08. The van der Waals surface area contributed by atoms with Crippen LogP contribution in [-0.4, -0.2) is 21.9 Å². The lowest BCUT2D eigenvalue weighted by atomic mass is 9.99. The van der Waals surface area contributed by atoms with Crippen LogP contribution < -0.4 is 0 Å². The van der Waals surface area contributed by atoms with Gasteiger partial charge in [0.25, 0.3) is 5.67 Å². The topological polar surface area (TPSA) is 0 Å². The van der Waals surface area contributed by atoms with Crippen molar-refractivity contribution in [2.45, 2.75) is 35.3 Å². The van der Waals surface area contributed by atoms with Gasteiger partial charge in [0, 0.05) is 10.3 Å². The van der Waals surface area contributed by atoms with E-state index in [0.717, 1.165) is 6.92 Å². The molecule has 0 saturated heterocycles. The molecule has 0 aliphatic carbocycles. The van der Waals surface area contributed by atoms with Crippen molar-refractivity contribution in [1.82, 2.24) is 0 Å². The van der Waals surface area contributed by atoms with Crippen LogP contribution >= 0.6 is 22.6 Å². The highest BCUT2D eigenvalue weighted by Crippen LogP contribution is 2.49. The molecular weight excluding hydrogens is 332 g/mol. The van der Waals surface area contributed by atoms with Gasteiger partial charge in [-0.25, -0.2) is 4.39 Å². The van der Waals surface area contributed by atoms with Crippen LogP contribution in [-0.2, 0) is 0 Å². The number of alkyl halides is 8. The molecule has 0 aliphatic heterocycles. The van der Waals surface area contributed by atoms with Gasteiger partial charge in [0.1, 0.15) is 0 Å².